The third-order valence-corrected chi connectivity index (χ3v) is 2.42. The van der Waals surface area contributed by atoms with Crippen LogP contribution in [0.2, 0.25) is 0 Å². The van der Waals surface area contributed by atoms with E-state index in [0.717, 1.165) is 17.9 Å². The minimum atomic E-state index is 0.859. The van der Waals surface area contributed by atoms with Crippen LogP contribution in [0, 0.1) is 6.92 Å². The Balaban J connectivity index is 2.03. The molecule has 0 unspecified atom stereocenters. The van der Waals surface area contributed by atoms with Gasteiger partial charge in [-0.2, -0.15) is 0 Å². The van der Waals surface area contributed by atoms with E-state index in [9.17, 15) is 0 Å². The number of para-hydroxylation sites is 1. The van der Waals surface area contributed by atoms with E-state index >= 15 is 0 Å². The smallest absolute Gasteiger partial charge is 0.127 e. The predicted octanol–water partition coefficient (Wildman–Crippen LogP) is 4.41. The Morgan fingerprint density at radius 3 is 2.18 bits per heavy atom. The maximum atomic E-state index is 5.71. The maximum Gasteiger partial charge on any atom is 0.127 e. The van der Waals surface area contributed by atoms with Crippen LogP contribution in [0.25, 0.3) is 0 Å². The molecule has 0 aliphatic carbocycles. The first-order valence-corrected chi connectivity index (χ1v) is 5.64. The number of hydrogen-bond donors (Lipinski definition) is 0. The van der Waals surface area contributed by atoms with Gasteiger partial charge in [-0.1, -0.05) is 42.5 Å². The summed E-state index contributed by atoms with van der Waals surface area (Å²) in [6.45, 7) is 3.67. The van der Waals surface area contributed by atoms with Crippen molar-refractivity contribution >= 4 is 0 Å². The summed E-state index contributed by atoms with van der Waals surface area (Å²) in [5.41, 5.74) is 1.25. The number of benzene rings is 2. The van der Waals surface area contributed by atoms with Crippen LogP contribution in [0.3, 0.4) is 0 Å². The molecule has 0 saturated heterocycles. The van der Waals surface area contributed by atoms with Gasteiger partial charge in [0.25, 0.3) is 0 Å². The van der Waals surface area contributed by atoms with Gasteiger partial charge >= 0.3 is 0 Å². The normalized spacial score (nSPS) is 10.6. The fourth-order valence-electron chi connectivity index (χ4n) is 1.54. The Labute approximate surface area is 102 Å². The first-order valence-electron chi connectivity index (χ1n) is 5.64. The molecule has 0 bridgehead atoms. The second-order valence-corrected chi connectivity index (χ2v) is 3.73. The average molecular weight is 223 g/mol. The van der Waals surface area contributed by atoms with Gasteiger partial charge in [0, 0.05) is 0 Å². The molecule has 0 fully saturated rings. The lowest BCUT2D eigenvalue weighted by molar-refractivity contribution is 0.482. The van der Waals surface area contributed by atoms with Crippen molar-refractivity contribution in [1.82, 2.24) is 0 Å². The topological polar surface area (TPSA) is 9.23 Å². The van der Waals surface area contributed by atoms with Crippen molar-refractivity contribution in [3.63, 3.8) is 0 Å². The van der Waals surface area contributed by atoms with Crippen molar-refractivity contribution in [2.45, 2.75) is 6.42 Å². The van der Waals surface area contributed by atoms with Gasteiger partial charge in [0.2, 0.25) is 0 Å². The Morgan fingerprint density at radius 2 is 1.53 bits per heavy atom. The zero-order valence-corrected chi connectivity index (χ0v) is 9.67. The number of hydrogen-bond acceptors (Lipinski definition) is 1. The summed E-state index contributed by atoms with van der Waals surface area (Å²) >= 11 is 0. The Morgan fingerprint density at radius 1 is 0.882 bits per heavy atom. The first-order chi connectivity index (χ1) is 8.38. The van der Waals surface area contributed by atoms with E-state index in [2.05, 4.69) is 19.1 Å². The molecule has 0 aromatic heterocycles. The molecule has 1 heteroatoms. The lowest BCUT2D eigenvalue weighted by Gasteiger charge is -2.05. The highest BCUT2D eigenvalue weighted by Crippen LogP contribution is 2.21. The quantitative estimate of drug-likeness (QED) is 0.746. The standard InChI is InChI=1S/C16H15O/c1-2-3-7-14-10-12-16(13-11-14)17-15-8-5-4-6-9-15/h2-6,8-13H,1,7H2. The van der Waals surface area contributed by atoms with E-state index in [-0.39, 0.29) is 0 Å². The van der Waals surface area contributed by atoms with Crippen molar-refractivity contribution in [1.29, 1.82) is 0 Å². The van der Waals surface area contributed by atoms with Gasteiger partial charge in [-0.3, -0.25) is 0 Å². The summed E-state index contributed by atoms with van der Waals surface area (Å²) in [6, 6.07) is 17.9. The second kappa shape index (κ2) is 5.90. The van der Waals surface area contributed by atoms with Gasteiger partial charge in [-0.25, -0.2) is 0 Å². The van der Waals surface area contributed by atoms with E-state index in [1.54, 1.807) is 0 Å². The molecular formula is C16H15O. The lowest BCUT2D eigenvalue weighted by atomic mass is 10.1. The van der Waals surface area contributed by atoms with Crippen molar-refractivity contribution in [2.75, 3.05) is 0 Å². The van der Waals surface area contributed by atoms with E-state index in [0.29, 0.717) is 0 Å². The fourth-order valence-corrected chi connectivity index (χ4v) is 1.54. The van der Waals surface area contributed by atoms with Crippen molar-refractivity contribution in [3.8, 4) is 11.5 Å². The summed E-state index contributed by atoms with van der Waals surface area (Å²) in [5, 5.41) is 0. The molecule has 0 N–H and O–H groups in total. The van der Waals surface area contributed by atoms with Gasteiger partial charge in [0.15, 0.2) is 0 Å². The molecule has 1 nitrogen and oxygen atoms in total. The van der Waals surface area contributed by atoms with Crippen LogP contribution in [0.1, 0.15) is 5.56 Å². The van der Waals surface area contributed by atoms with E-state index in [1.807, 2.05) is 54.6 Å². The molecule has 0 spiro atoms. The first kappa shape index (κ1) is 11.5. The summed E-state index contributed by atoms with van der Waals surface area (Å²) in [6.07, 6.45) is 4.76. The van der Waals surface area contributed by atoms with Gasteiger partial charge < -0.3 is 4.74 Å². The van der Waals surface area contributed by atoms with Crippen molar-refractivity contribution in [2.24, 2.45) is 0 Å². The number of ether oxygens (including phenoxy) is 1. The van der Waals surface area contributed by atoms with Gasteiger partial charge in [-0.15, -0.1) is 0 Å². The minimum absolute atomic E-state index is 0.859. The van der Waals surface area contributed by atoms with Crippen LogP contribution in [-0.4, -0.2) is 0 Å². The molecule has 0 saturated carbocycles. The van der Waals surface area contributed by atoms with Crippen molar-refractivity contribution < 1.29 is 4.74 Å². The highest BCUT2D eigenvalue weighted by atomic mass is 16.5. The van der Waals surface area contributed by atoms with Gasteiger partial charge in [0.05, 0.1) is 0 Å². The average Bonchev–Trinajstić information content (AvgIpc) is 2.39. The highest BCUT2D eigenvalue weighted by molar-refractivity contribution is 5.33. The Hall–Kier alpha value is -2.02. The molecule has 85 valence electrons. The van der Waals surface area contributed by atoms with E-state index in [4.69, 9.17) is 4.74 Å². The molecule has 0 atom stereocenters. The molecule has 0 aliphatic heterocycles. The summed E-state index contributed by atoms with van der Waals surface area (Å²) in [4.78, 5) is 0. The monoisotopic (exact) mass is 223 g/mol. The van der Waals surface area contributed by atoms with Crippen LogP contribution >= 0.6 is 0 Å². The largest absolute Gasteiger partial charge is 0.457 e. The van der Waals surface area contributed by atoms with Gasteiger partial charge in [0.1, 0.15) is 11.5 Å². The maximum absolute atomic E-state index is 5.71. The third-order valence-electron chi connectivity index (χ3n) is 2.42. The van der Waals surface area contributed by atoms with Gasteiger partial charge in [-0.05, 0) is 43.2 Å². The highest BCUT2D eigenvalue weighted by Gasteiger charge is 1.96. The van der Waals surface area contributed by atoms with Crippen LogP contribution in [0.4, 0.5) is 0 Å². The summed E-state index contributed by atoms with van der Waals surface area (Å²) < 4.78 is 5.71. The van der Waals surface area contributed by atoms with Crippen molar-refractivity contribution in [3.05, 3.63) is 79.2 Å². The minimum Gasteiger partial charge on any atom is -0.457 e. The molecule has 0 amide bonds. The Kier molecular flexibility index (Phi) is 3.98. The molecule has 2 aromatic carbocycles. The fraction of sp³-hybridized carbons (Fsp3) is 0.0625. The molecule has 1 radical (unpaired) electrons. The lowest BCUT2D eigenvalue weighted by Crippen LogP contribution is -1.85. The summed E-state index contributed by atoms with van der Waals surface area (Å²) in [5.74, 6) is 1.72. The second-order valence-electron chi connectivity index (χ2n) is 3.73. The zero-order valence-electron chi connectivity index (χ0n) is 9.67. The van der Waals surface area contributed by atoms with Crippen LogP contribution in [-0.2, 0) is 6.42 Å². The molecule has 0 aliphatic rings. The Bertz CT molecular complexity index is 469. The number of rotatable bonds is 4. The molecule has 2 aromatic rings. The van der Waals surface area contributed by atoms with Crippen LogP contribution in [0.15, 0.2) is 66.7 Å². The SMILES string of the molecule is [CH2]C=CCc1ccc(Oc2ccccc2)cc1. The molecule has 17 heavy (non-hydrogen) atoms. The molecule has 2 rings (SSSR count). The zero-order chi connectivity index (χ0) is 11.9. The summed E-state index contributed by atoms with van der Waals surface area (Å²) in [7, 11) is 0. The van der Waals surface area contributed by atoms with E-state index in [1.165, 1.54) is 5.56 Å². The number of allylic oxidation sites excluding steroid dienone is 2. The third kappa shape index (κ3) is 3.49. The molecular weight excluding hydrogens is 208 g/mol. The van der Waals surface area contributed by atoms with Crippen LogP contribution in [0.5, 0.6) is 11.5 Å². The predicted molar refractivity (Wildman–Crippen MR) is 71.2 cm³/mol. The van der Waals surface area contributed by atoms with E-state index < -0.39 is 0 Å². The van der Waals surface area contributed by atoms with Crippen LogP contribution < -0.4 is 4.74 Å². The molecule has 0 heterocycles.